The van der Waals surface area contributed by atoms with Gasteiger partial charge >= 0.3 is 0 Å². The molecule has 3 heteroatoms. The summed E-state index contributed by atoms with van der Waals surface area (Å²) in [4.78, 5) is 0. The maximum atomic E-state index is 10.5. The highest BCUT2D eigenvalue weighted by molar-refractivity contribution is 4.76. The summed E-state index contributed by atoms with van der Waals surface area (Å²) in [5, 5.41) is 14.6. The van der Waals surface area contributed by atoms with Crippen molar-refractivity contribution in [2.45, 2.75) is 19.4 Å². The van der Waals surface area contributed by atoms with Crippen molar-refractivity contribution in [3.8, 4) is 0 Å². The van der Waals surface area contributed by atoms with Crippen LogP contribution < -0.4 is 5.32 Å². The molecule has 0 amide bonds. The van der Waals surface area contributed by atoms with Gasteiger partial charge in [-0.15, -0.1) is 0 Å². The molecular formula is C5H11N2O-. The first-order valence-corrected chi connectivity index (χ1v) is 2.98. The minimum absolute atomic E-state index is 0.438. The molecule has 48 valence electrons. The van der Waals surface area contributed by atoms with Gasteiger partial charge in [0.25, 0.3) is 0 Å². The van der Waals surface area contributed by atoms with Crippen molar-refractivity contribution in [2.24, 2.45) is 0 Å². The van der Waals surface area contributed by atoms with E-state index in [1.807, 2.05) is 0 Å². The molecule has 1 saturated heterocycles. The Labute approximate surface area is 49.3 Å². The quantitative estimate of drug-likeness (QED) is 0.527. The highest BCUT2D eigenvalue weighted by Gasteiger charge is 2.11. The lowest BCUT2D eigenvalue weighted by atomic mass is 10.2. The molecule has 1 heterocycles. The molecule has 8 heavy (non-hydrogen) atoms. The summed E-state index contributed by atoms with van der Waals surface area (Å²) >= 11 is 0. The van der Waals surface area contributed by atoms with E-state index in [0.29, 0.717) is 19.3 Å². The van der Waals surface area contributed by atoms with Gasteiger partial charge in [0, 0.05) is 19.3 Å². The zero-order chi connectivity index (χ0) is 5.98. The maximum Gasteiger partial charge on any atom is 0.0367 e. The van der Waals surface area contributed by atoms with E-state index >= 15 is 0 Å². The van der Waals surface area contributed by atoms with Gasteiger partial charge in [0.1, 0.15) is 0 Å². The first-order chi connectivity index (χ1) is 3.83. The highest BCUT2D eigenvalue weighted by atomic mass is 16.5. The maximum absolute atomic E-state index is 10.5. The fourth-order valence-electron chi connectivity index (χ4n) is 0.879. The lowest BCUT2D eigenvalue weighted by molar-refractivity contribution is 0.456. The Kier molecular flexibility index (Phi) is 1.83. The minimum Gasteiger partial charge on any atom is -0.784 e. The highest BCUT2D eigenvalue weighted by Crippen LogP contribution is 2.00. The molecule has 0 spiro atoms. The zero-order valence-corrected chi connectivity index (χ0v) is 5.05. The smallest absolute Gasteiger partial charge is 0.0367 e. The van der Waals surface area contributed by atoms with Crippen molar-refractivity contribution >= 4 is 0 Å². The van der Waals surface area contributed by atoms with Crippen molar-refractivity contribution < 1.29 is 0 Å². The van der Waals surface area contributed by atoms with E-state index in [-0.39, 0.29) is 0 Å². The molecule has 1 unspecified atom stereocenters. The third kappa shape index (κ3) is 1.18. The fraction of sp³-hybridized carbons (Fsp3) is 1.00. The molecule has 1 atom stereocenters. The van der Waals surface area contributed by atoms with Crippen LogP contribution >= 0.6 is 0 Å². The van der Waals surface area contributed by atoms with Crippen molar-refractivity contribution in [1.29, 1.82) is 0 Å². The third-order valence-electron chi connectivity index (χ3n) is 1.47. The Morgan fingerprint density at radius 3 is 2.88 bits per heavy atom. The molecule has 1 fully saturated rings. The minimum atomic E-state index is 0.438. The molecule has 0 aromatic carbocycles. The van der Waals surface area contributed by atoms with Gasteiger partial charge in [0.2, 0.25) is 0 Å². The Morgan fingerprint density at radius 2 is 2.62 bits per heavy atom. The van der Waals surface area contributed by atoms with Crippen molar-refractivity contribution in [2.75, 3.05) is 13.2 Å². The van der Waals surface area contributed by atoms with E-state index in [2.05, 4.69) is 12.2 Å². The molecule has 0 bridgehead atoms. The van der Waals surface area contributed by atoms with Gasteiger partial charge < -0.3 is 15.6 Å². The van der Waals surface area contributed by atoms with Crippen LogP contribution in [0.15, 0.2) is 0 Å². The number of nitrogens with one attached hydrogen (secondary N) is 1. The van der Waals surface area contributed by atoms with E-state index < -0.39 is 0 Å². The van der Waals surface area contributed by atoms with Gasteiger partial charge in [0.05, 0.1) is 0 Å². The third-order valence-corrected chi connectivity index (χ3v) is 1.47. The zero-order valence-electron chi connectivity index (χ0n) is 5.05. The van der Waals surface area contributed by atoms with Gasteiger partial charge in [-0.3, -0.25) is 0 Å². The summed E-state index contributed by atoms with van der Waals surface area (Å²) in [6.07, 6.45) is 1.05. The summed E-state index contributed by atoms with van der Waals surface area (Å²) in [5.41, 5.74) is 0. The Morgan fingerprint density at radius 1 is 1.88 bits per heavy atom. The summed E-state index contributed by atoms with van der Waals surface area (Å²) in [6.45, 7) is 3.26. The van der Waals surface area contributed by atoms with Crippen molar-refractivity contribution in [3.05, 3.63) is 5.21 Å². The monoisotopic (exact) mass is 115 g/mol. The van der Waals surface area contributed by atoms with Crippen LogP contribution in [0.2, 0.25) is 0 Å². The molecule has 0 radical (unpaired) electrons. The molecule has 1 N–H and O–H groups in total. The van der Waals surface area contributed by atoms with E-state index in [1.54, 1.807) is 0 Å². The lowest BCUT2D eigenvalue weighted by Gasteiger charge is -2.18. The van der Waals surface area contributed by atoms with Gasteiger partial charge in [-0.2, -0.15) is 0 Å². The number of hydrogen-bond donors (Lipinski definition) is 1. The number of hydroxylamine groups is 2. The standard InChI is InChI=1S/C5H11N2O/c1-2-5-3-7(8)4-6-5/h5-6H,2-4H2,1H3/q-1. The van der Waals surface area contributed by atoms with Crippen LogP contribution in [0.3, 0.4) is 0 Å². The van der Waals surface area contributed by atoms with E-state index in [9.17, 15) is 5.21 Å². The Bertz CT molecular complexity index is 76.8. The summed E-state index contributed by atoms with van der Waals surface area (Å²) in [5.74, 6) is 0. The molecule has 1 aliphatic rings. The van der Waals surface area contributed by atoms with Crippen molar-refractivity contribution in [1.82, 2.24) is 10.4 Å². The van der Waals surface area contributed by atoms with Gasteiger partial charge in [-0.1, -0.05) is 6.92 Å². The van der Waals surface area contributed by atoms with Crippen molar-refractivity contribution in [3.63, 3.8) is 0 Å². The molecule has 1 rings (SSSR count). The summed E-state index contributed by atoms with van der Waals surface area (Å²) in [7, 11) is 0. The lowest BCUT2D eigenvalue weighted by Crippen LogP contribution is -2.21. The molecule has 0 aromatic rings. The van der Waals surface area contributed by atoms with E-state index in [1.165, 1.54) is 0 Å². The molecule has 1 aliphatic heterocycles. The average molecular weight is 115 g/mol. The van der Waals surface area contributed by atoms with Crippen LogP contribution in [0.1, 0.15) is 13.3 Å². The second kappa shape index (κ2) is 2.44. The van der Waals surface area contributed by atoms with Gasteiger partial charge in [-0.05, 0) is 6.42 Å². The fourth-order valence-corrected chi connectivity index (χ4v) is 0.879. The van der Waals surface area contributed by atoms with Crippen LogP contribution in [-0.2, 0) is 0 Å². The van der Waals surface area contributed by atoms with Crippen LogP contribution in [0.4, 0.5) is 0 Å². The predicted octanol–water partition coefficient (Wildman–Crippen LogP) is 0.126. The normalized spacial score (nSPS) is 31.5. The molecule has 0 aliphatic carbocycles. The topological polar surface area (TPSA) is 38.3 Å². The summed E-state index contributed by atoms with van der Waals surface area (Å²) < 4.78 is 0. The van der Waals surface area contributed by atoms with Crippen LogP contribution in [0.5, 0.6) is 0 Å². The van der Waals surface area contributed by atoms with Crippen LogP contribution in [-0.4, -0.2) is 24.3 Å². The SMILES string of the molecule is CCC1CN([O-])CN1. The van der Waals surface area contributed by atoms with E-state index in [4.69, 9.17) is 0 Å². The second-order valence-corrected chi connectivity index (χ2v) is 2.13. The Balaban J connectivity index is 2.22. The van der Waals surface area contributed by atoms with E-state index in [0.717, 1.165) is 11.5 Å². The molecule has 0 aromatic heterocycles. The second-order valence-electron chi connectivity index (χ2n) is 2.13. The molecule has 3 nitrogen and oxygen atoms in total. The van der Waals surface area contributed by atoms with Gasteiger partial charge in [-0.25, -0.2) is 0 Å². The largest absolute Gasteiger partial charge is 0.784 e. The molecule has 0 saturated carbocycles. The molecular weight excluding hydrogens is 104 g/mol. The summed E-state index contributed by atoms with van der Waals surface area (Å²) in [6, 6.07) is 0.438. The number of rotatable bonds is 1. The average Bonchev–Trinajstić information content (AvgIpc) is 2.14. The predicted molar refractivity (Wildman–Crippen MR) is 32.2 cm³/mol. The number of hydrogen-bond acceptors (Lipinski definition) is 3. The van der Waals surface area contributed by atoms with Crippen LogP contribution in [0, 0.1) is 5.21 Å². The van der Waals surface area contributed by atoms with Crippen LogP contribution in [0.25, 0.3) is 0 Å². The number of nitrogens with zero attached hydrogens (tertiary/aromatic N) is 1. The first-order valence-electron chi connectivity index (χ1n) is 2.98. The van der Waals surface area contributed by atoms with Gasteiger partial charge in [0.15, 0.2) is 0 Å². The Hall–Kier alpha value is -0.120. The first kappa shape index (κ1) is 6.01.